The Morgan fingerprint density at radius 1 is 0.933 bits per heavy atom. The first-order chi connectivity index (χ1) is 14.7. The molecule has 0 unspecified atom stereocenters. The number of halogens is 1. The van der Waals surface area contributed by atoms with Crippen LogP contribution in [0.5, 0.6) is 0 Å². The first-order valence-corrected chi connectivity index (χ1v) is 10.7. The molecular formula is C23H19FN4OS. The number of rotatable bonds is 3. The predicted octanol–water partition coefficient (Wildman–Crippen LogP) is 4.46. The molecule has 0 saturated carbocycles. The van der Waals surface area contributed by atoms with Crippen LogP contribution in [0.2, 0.25) is 0 Å². The summed E-state index contributed by atoms with van der Waals surface area (Å²) in [7, 11) is 0. The van der Waals surface area contributed by atoms with Gasteiger partial charge in [-0.15, -0.1) is 11.3 Å². The molecule has 0 N–H and O–H groups in total. The molecule has 1 aliphatic rings. The van der Waals surface area contributed by atoms with E-state index in [0.717, 1.165) is 27.2 Å². The molecular weight excluding hydrogens is 399 g/mol. The van der Waals surface area contributed by atoms with E-state index in [0.29, 0.717) is 31.7 Å². The molecule has 1 aliphatic heterocycles. The van der Waals surface area contributed by atoms with Gasteiger partial charge < -0.3 is 9.80 Å². The van der Waals surface area contributed by atoms with Crippen molar-refractivity contribution >= 4 is 33.3 Å². The van der Waals surface area contributed by atoms with Gasteiger partial charge in [-0.25, -0.2) is 14.4 Å². The number of benzene rings is 2. The largest absolute Gasteiger partial charge is 0.352 e. The Hall–Kier alpha value is -3.32. The van der Waals surface area contributed by atoms with Crippen LogP contribution in [-0.2, 0) is 0 Å². The maximum atomic E-state index is 13.1. The molecule has 0 spiro atoms. The van der Waals surface area contributed by atoms with Crippen LogP contribution in [0.25, 0.3) is 21.3 Å². The summed E-state index contributed by atoms with van der Waals surface area (Å²) >= 11 is 1.62. The highest BCUT2D eigenvalue weighted by Gasteiger charge is 2.25. The number of fused-ring (bicyclic) bond motifs is 1. The lowest BCUT2D eigenvalue weighted by molar-refractivity contribution is 0.0746. The van der Waals surface area contributed by atoms with Gasteiger partial charge in [0.1, 0.15) is 22.8 Å². The minimum absolute atomic E-state index is 0.0667. The standard InChI is InChI=1S/C23H19FN4OS/c24-18-8-6-17(7-9-18)23(29)28-12-10-27(11-13-28)21-20-19(16-4-2-1-3-5-16)14-30-22(20)26-15-25-21/h1-9,14-15H,10-13H2. The fourth-order valence-corrected chi connectivity index (χ4v) is 4.74. The quantitative estimate of drug-likeness (QED) is 0.493. The van der Waals surface area contributed by atoms with Crippen molar-refractivity contribution in [2.75, 3.05) is 31.1 Å². The molecule has 3 heterocycles. The van der Waals surface area contributed by atoms with E-state index in [-0.39, 0.29) is 11.7 Å². The van der Waals surface area contributed by atoms with Gasteiger partial charge in [-0.05, 0) is 29.8 Å². The summed E-state index contributed by atoms with van der Waals surface area (Å²) in [5.74, 6) is 0.506. The van der Waals surface area contributed by atoms with E-state index in [9.17, 15) is 9.18 Å². The van der Waals surface area contributed by atoms with Gasteiger partial charge in [-0.2, -0.15) is 0 Å². The summed E-state index contributed by atoms with van der Waals surface area (Å²) in [5.41, 5.74) is 2.79. The fraction of sp³-hybridized carbons (Fsp3) is 0.174. The molecule has 0 aliphatic carbocycles. The summed E-state index contributed by atoms with van der Waals surface area (Å²) in [5, 5.41) is 3.19. The first kappa shape index (κ1) is 18.7. The number of nitrogens with zero attached hydrogens (tertiary/aromatic N) is 4. The average Bonchev–Trinajstić information content (AvgIpc) is 3.24. The monoisotopic (exact) mass is 418 g/mol. The third kappa shape index (κ3) is 3.41. The highest BCUT2D eigenvalue weighted by molar-refractivity contribution is 7.17. The lowest BCUT2D eigenvalue weighted by atomic mass is 10.1. The Labute approximate surface area is 177 Å². The summed E-state index contributed by atoms with van der Waals surface area (Å²) in [4.78, 5) is 26.8. The van der Waals surface area contributed by atoms with Crippen LogP contribution in [-0.4, -0.2) is 47.0 Å². The smallest absolute Gasteiger partial charge is 0.253 e. The zero-order valence-corrected chi connectivity index (χ0v) is 17.0. The molecule has 150 valence electrons. The summed E-state index contributed by atoms with van der Waals surface area (Å²) in [6.07, 6.45) is 1.61. The molecule has 4 aromatic rings. The molecule has 0 radical (unpaired) electrons. The lowest BCUT2D eigenvalue weighted by Crippen LogP contribution is -2.49. The Bertz CT molecular complexity index is 1190. The third-order valence-corrected chi connectivity index (χ3v) is 6.28. The van der Waals surface area contributed by atoms with Crippen molar-refractivity contribution in [2.45, 2.75) is 0 Å². The number of piperazine rings is 1. The highest BCUT2D eigenvalue weighted by atomic mass is 32.1. The average molecular weight is 418 g/mol. The minimum Gasteiger partial charge on any atom is -0.352 e. The van der Waals surface area contributed by atoms with E-state index < -0.39 is 0 Å². The van der Waals surface area contributed by atoms with Crippen LogP contribution in [0.15, 0.2) is 66.3 Å². The Kier molecular flexibility index (Phi) is 4.88. The van der Waals surface area contributed by atoms with Crippen molar-refractivity contribution in [3.05, 3.63) is 77.7 Å². The number of anilines is 1. The van der Waals surface area contributed by atoms with Gasteiger partial charge in [-0.3, -0.25) is 4.79 Å². The van der Waals surface area contributed by atoms with Crippen molar-refractivity contribution in [2.24, 2.45) is 0 Å². The van der Waals surface area contributed by atoms with Gasteiger partial charge in [0.15, 0.2) is 0 Å². The van der Waals surface area contributed by atoms with Crippen LogP contribution in [0.1, 0.15) is 10.4 Å². The third-order valence-electron chi connectivity index (χ3n) is 5.39. The molecule has 1 fully saturated rings. The van der Waals surface area contributed by atoms with Gasteiger partial charge in [0.25, 0.3) is 5.91 Å². The van der Waals surface area contributed by atoms with E-state index in [4.69, 9.17) is 0 Å². The van der Waals surface area contributed by atoms with Gasteiger partial charge in [-0.1, -0.05) is 30.3 Å². The molecule has 1 amide bonds. The van der Waals surface area contributed by atoms with Gasteiger partial charge in [0.05, 0.1) is 5.39 Å². The lowest BCUT2D eigenvalue weighted by Gasteiger charge is -2.35. The molecule has 7 heteroatoms. The number of thiophene rings is 1. The molecule has 5 nitrogen and oxygen atoms in total. The van der Waals surface area contributed by atoms with Gasteiger partial charge in [0, 0.05) is 42.7 Å². The van der Waals surface area contributed by atoms with Crippen molar-refractivity contribution in [1.29, 1.82) is 0 Å². The predicted molar refractivity (Wildman–Crippen MR) is 117 cm³/mol. The molecule has 1 saturated heterocycles. The fourth-order valence-electron chi connectivity index (χ4n) is 3.83. The Balaban J connectivity index is 1.39. The number of aromatic nitrogens is 2. The molecule has 5 rings (SSSR count). The topological polar surface area (TPSA) is 49.3 Å². The van der Waals surface area contributed by atoms with Crippen LogP contribution >= 0.6 is 11.3 Å². The number of amides is 1. The second-order valence-electron chi connectivity index (χ2n) is 7.18. The first-order valence-electron chi connectivity index (χ1n) is 9.78. The summed E-state index contributed by atoms with van der Waals surface area (Å²) in [6, 6.07) is 16.0. The summed E-state index contributed by atoms with van der Waals surface area (Å²) < 4.78 is 13.1. The van der Waals surface area contributed by atoms with Crippen LogP contribution in [0, 0.1) is 5.82 Å². The number of hydrogen-bond donors (Lipinski definition) is 0. The van der Waals surface area contributed by atoms with E-state index >= 15 is 0 Å². The van der Waals surface area contributed by atoms with Crippen LogP contribution < -0.4 is 4.90 Å². The van der Waals surface area contributed by atoms with Crippen molar-refractivity contribution in [1.82, 2.24) is 14.9 Å². The van der Waals surface area contributed by atoms with Crippen LogP contribution in [0.4, 0.5) is 10.2 Å². The second kappa shape index (κ2) is 7.84. The molecule has 30 heavy (non-hydrogen) atoms. The van der Waals surface area contributed by atoms with E-state index in [1.807, 2.05) is 23.1 Å². The highest BCUT2D eigenvalue weighted by Crippen LogP contribution is 2.38. The summed E-state index contributed by atoms with van der Waals surface area (Å²) in [6.45, 7) is 2.55. The van der Waals surface area contributed by atoms with Crippen molar-refractivity contribution in [3.8, 4) is 11.1 Å². The van der Waals surface area contributed by atoms with E-state index in [1.165, 1.54) is 24.3 Å². The van der Waals surface area contributed by atoms with Crippen LogP contribution in [0.3, 0.4) is 0 Å². The number of carbonyl (C=O) groups excluding carboxylic acids is 1. The minimum atomic E-state index is -0.339. The zero-order valence-electron chi connectivity index (χ0n) is 16.2. The molecule has 0 bridgehead atoms. The second-order valence-corrected chi connectivity index (χ2v) is 8.04. The van der Waals surface area contributed by atoms with E-state index in [2.05, 4.69) is 32.4 Å². The SMILES string of the molecule is O=C(c1ccc(F)cc1)N1CCN(c2ncnc3scc(-c4ccccc4)c23)CC1. The van der Waals surface area contributed by atoms with Crippen molar-refractivity contribution < 1.29 is 9.18 Å². The van der Waals surface area contributed by atoms with Crippen molar-refractivity contribution in [3.63, 3.8) is 0 Å². The normalized spacial score (nSPS) is 14.3. The van der Waals surface area contributed by atoms with E-state index in [1.54, 1.807) is 17.7 Å². The molecule has 2 aromatic heterocycles. The maximum Gasteiger partial charge on any atom is 0.253 e. The van der Waals surface area contributed by atoms with Gasteiger partial charge >= 0.3 is 0 Å². The number of hydrogen-bond acceptors (Lipinski definition) is 5. The number of carbonyl (C=O) groups is 1. The Morgan fingerprint density at radius 2 is 1.67 bits per heavy atom. The van der Waals surface area contributed by atoms with Gasteiger partial charge in [0.2, 0.25) is 0 Å². The molecule has 2 aromatic carbocycles. The zero-order chi connectivity index (χ0) is 20.5. The Morgan fingerprint density at radius 3 is 2.40 bits per heavy atom. The maximum absolute atomic E-state index is 13.1. The molecule has 0 atom stereocenters.